The molecule has 5 nitrogen and oxygen atoms in total. The summed E-state index contributed by atoms with van der Waals surface area (Å²) in [6.45, 7) is 4.86. The largest absolute Gasteiger partial charge is 0.312 e. The number of nitrogens with zero attached hydrogens (tertiary/aromatic N) is 4. The van der Waals surface area contributed by atoms with Crippen molar-refractivity contribution in [3.8, 4) is 11.3 Å². The molecule has 0 spiro atoms. The van der Waals surface area contributed by atoms with Crippen LogP contribution in [0.5, 0.6) is 0 Å². The van der Waals surface area contributed by atoms with Crippen molar-refractivity contribution in [1.29, 1.82) is 0 Å². The molecule has 2 aromatic carbocycles. The molecule has 2 aromatic heterocycles. The van der Waals surface area contributed by atoms with Gasteiger partial charge < -0.3 is 4.90 Å². The van der Waals surface area contributed by atoms with Gasteiger partial charge in [0.2, 0.25) is 5.91 Å². The molecule has 1 aliphatic heterocycles. The van der Waals surface area contributed by atoms with Gasteiger partial charge in [-0.25, -0.2) is 9.50 Å². The van der Waals surface area contributed by atoms with E-state index in [9.17, 15) is 4.79 Å². The van der Waals surface area contributed by atoms with Crippen LogP contribution in [0.1, 0.15) is 28.9 Å². The van der Waals surface area contributed by atoms with Crippen LogP contribution < -0.4 is 4.90 Å². The standard InChI is InChI=1S/C25H24N4O/c1-17-21(12-13-25(30)28-15-14-20-10-6-7-11-23(20)28)18(2)29-24(26-17)16-22(27-29)19-8-4-3-5-9-19/h3-11,16H,12-15H2,1-2H3. The number of fused-ring (bicyclic) bond motifs is 2. The van der Waals surface area contributed by atoms with E-state index in [1.54, 1.807) is 0 Å². The summed E-state index contributed by atoms with van der Waals surface area (Å²) in [6, 6.07) is 20.3. The second-order valence-corrected chi connectivity index (χ2v) is 7.85. The number of carbonyl (C=O) groups is 1. The van der Waals surface area contributed by atoms with Crippen LogP contribution in [0.15, 0.2) is 60.7 Å². The average Bonchev–Trinajstić information content (AvgIpc) is 3.38. The number of amides is 1. The zero-order valence-corrected chi connectivity index (χ0v) is 17.3. The third-order valence-electron chi connectivity index (χ3n) is 6.01. The summed E-state index contributed by atoms with van der Waals surface area (Å²) in [4.78, 5) is 19.6. The molecule has 0 radical (unpaired) electrons. The summed E-state index contributed by atoms with van der Waals surface area (Å²) in [7, 11) is 0. The third kappa shape index (κ3) is 3.16. The number of carbonyl (C=O) groups excluding carboxylic acids is 1. The fourth-order valence-electron chi connectivity index (χ4n) is 4.40. The Labute approximate surface area is 176 Å². The molecule has 0 bridgehead atoms. The fraction of sp³-hybridized carbons (Fsp3) is 0.240. The molecule has 0 saturated carbocycles. The molecule has 0 saturated heterocycles. The van der Waals surface area contributed by atoms with E-state index in [0.29, 0.717) is 12.8 Å². The summed E-state index contributed by atoms with van der Waals surface area (Å²) in [5, 5.41) is 4.78. The van der Waals surface area contributed by atoms with E-state index in [1.807, 2.05) is 58.8 Å². The fourth-order valence-corrected chi connectivity index (χ4v) is 4.40. The van der Waals surface area contributed by atoms with Gasteiger partial charge in [-0.15, -0.1) is 0 Å². The van der Waals surface area contributed by atoms with Gasteiger partial charge in [0.25, 0.3) is 0 Å². The molecule has 3 heterocycles. The molecule has 0 aliphatic carbocycles. The molecule has 0 fully saturated rings. The van der Waals surface area contributed by atoms with Gasteiger partial charge in [0.1, 0.15) is 0 Å². The molecule has 5 rings (SSSR count). The Kier molecular flexibility index (Phi) is 4.58. The molecule has 0 N–H and O–H groups in total. The molecule has 0 atom stereocenters. The summed E-state index contributed by atoms with van der Waals surface area (Å²) < 4.78 is 1.90. The number of anilines is 1. The Bertz CT molecular complexity index is 1240. The van der Waals surface area contributed by atoms with E-state index < -0.39 is 0 Å². The molecule has 30 heavy (non-hydrogen) atoms. The molecule has 1 aliphatic rings. The van der Waals surface area contributed by atoms with E-state index >= 15 is 0 Å². The van der Waals surface area contributed by atoms with Gasteiger partial charge in [-0.3, -0.25) is 4.79 Å². The van der Waals surface area contributed by atoms with Gasteiger partial charge in [-0.2, -0.15) is 5.10 Å². The van der Waals surface area contributed by atoms with Gasteiger partial charge >= 0.3 is 0 Å². The minimum absolute atomic E-state index is 0.171. The first-order valence-corrected chi connectivity index (χ1v) is 10.4. The number of aryl methyl sites for hydroxylation is 2. The van der Waals surface area contributed by atoms with E-state index in [4.69, 9.17) is 10.1 Å². The number of aromatic nitrogens is 3. The average molecular weight is 396 g/mol. The lowest BCUT2D eigenvalue weighted by molar-refractivity contribution is -0.118. The Morgan fingerprint density at radius 2 is 1.80 bits per heavy atom. The lowest BCUT2D eigenvalue weighted by Gasteiger charge is -2.18. The maximum absolute atomic E-state index is 12.9. The first kappa shape index (κ1) is 18.6. The SMILES string of the molecule is Cc1nc2cc(-c3ccccc3)nn2c(C)c1CCC(=O)N1CCc2ccccc21. The Balaban J connectivity index is 1.40. The molecule has 1 amide bonds. The maximum Gasteiger partial charge on any atom is 0.227 e. The highest BCUT2D eigenvalue weighted by Crippen LogP contribution is 2.28. The molecule has 5 heteroatoms. The number of para-hydroxylation sites is 1. The summed E-state index contributed by atoms with van der Waals surface area (Å²) >= 11 is 0. The van der Waals surface area contributed by atoms with Crippen molar-refractivity contribution >= 4 is 17.2 Å². The van der Waals surface area contributed by atoms with Crippen molar-refractivity contribution in [2.75, 3.05) is 11.4 Å². The van der Waals surface area contributed by atoms with Crippen molar-refractivity contribution in [2.24, 2.45) is 0 Å². The van der Waals surface area contributed by atoms with Crippen LogP contribution in [0.25, 0.3) is 16.9 Å². The molecular formula is C25H24N4O. The lowest BCUT2D eigenvalue weighted by atomic mass is 10.1. The number of hydrogen-bond donors (Lipinski definition) is 0. The van der Waals surface area contributed by atoms with Crippen molar-refractivity contribution in [2.45, 2.75) is 33.1 Å². The Morgan fingerprint density at radius 3 is 2.63 bits per heavy atom. The first-order valence-electron chi connectivity index (χ1n) is 10.4. The van der Waals surface area contributed by atoms with Crippen LogP contribution in [0.3, 0.4) is 0 Å². The summed E-state index contributed by atoms with van der Waals surface area (Å²) in [5.74, 6) is 0.171. The predicted octanol–water partition coefficient (Wildman–Crippen LogP) is 4.54. The first-order chi connectivity index (χ1) is 14.6. The Hall–Kier alpha value is -3.47. The second kappa shape index (κ2) is 7.41. The van der Waals surface area contributed by atoms with Gasteiger partial charge in [0.05, 0.1) is 5.69 Å². The van der Waals surface area contributed by atoms with E-state index in [2.05, 4.69) is 25.1 Å². The van der Waals surface area contributed by atoms with Gasteiger partial charge in [-0.1, -0.05) is 48.5 Å². The zero-order chi connectivity index (χ0) is 20.7. The van der Waals surface area contributed by atoms with Crippen LogP contribution in [0, 0.1) is 13.8 Å². The molecule has 150 valence electrons. The highest BCUT2D eigenvalue weighted by Gasteiger charge is 2.24. The minimum Gasteiger partial charge on any atom is -0.312 e. The normalized spacial score (nSPS) is 13.1. The second-order valence-electron chi connectivity index (χ2n) is 7.85. The van der Waals surface area contributed by atoms with Crippen molar-refractivity contribution in [3.05, 3.63) is 83.2 Å². The minimum atomic E-state index is 0.171. The van der Waals surface area contributed by atoms with Crippen molar-refractivity contribution < 1.29 is 4.79 Å². The lowest BCUT2D eigenvalue weighted by Crippen LogP contribution is -2.29. The number of benzene rings is 2. The van der Waals surface area contributed by atoms with E-state index in [0.717, 1.165) is 52.5 Å². The maximum atomic E-state index is 12.9. The third-order valence-corrected chi connectivity index (χ3v) is 6.01. The monoisotopic (exact) mass is 396 g/mol. The number of hydrogen-bond acceptors (Lipinski definition) is 3. The van der Waals surface area contributed by atoms with Crippen LogP contribution in [-0.4, -0.2) is 27.0 Å². The highest BCUT2D eigenvalue weighted by atomic mass is 16.2. The smallest absolute Gasteiger partial charge is 0.227 e. The zero-order valence-electron chi connectivity index (χ0n) is 17.3. The molecule has 4 aromatic rings. The van der Waals surface area contributed by atoms with Gasteiger partial charge in [-0.05, 0) is 43.9 Å². The van der Waals surface area contributed by atoms with Crippen LogP contribution in [0.2, 0.25) is 0 Å². The van der Waals surface area contributed by atoms with Gasteiger partial charge in [0.15, 0.2) is 5.65 Å². The van der Waals surface area contributed by atoms with Crippen molar-refractivity contribution in [3.63, 3.8) is 0 Å². The highest BCUT2D eigenvalue weighted by molar-refractivity contribution is 5.95. The van der Waals surface area contributed by atoms with Gasteiger partial charge in [0, 0.05) is 41.7 Å². The topological polar surface area (TPSA) is 50.5 Å². The number of rotatable bonds is 4. The van der Waals surface area contributed by atoms with Crippen LogP contribution >= 0.6 is 0 Å². The Morgan fingerprint density at radius 1 is 1.03 bits per heavy atom. The predicted molar refractivity (Wildman–Crippen MR) is 119 cm³/mol. The van der Waals surface area contributed by atoms with E-state index in [-0.39, 0.29) is 5.91 Å². The molecule has 0 unspecified atom stereocenters. The molecular weight excluding hydrogens is 372 g/mol. The van der Waals surface area contributed by atoms with Crippen LogP contribution in [0.4, 0.5) is 5.69 Å². The summed E-state index contributed by atoms with van der Waals surface area (Å²) in [5.41, 5.74) is 8.26. The quantitative estimate of drug-likeness (QED) is 0.509. The van der Waals surface area contributed by atoms with E-state index in [1.165, 1.54) is 5.56 Å². The summed E-state index contributed by atoms with van der Waals surface area (Å²) in [6.07, 6.45) is 2.07. The van der Waals surface area contributed by atoms with Crippen LogP contribution in [-0.2, 0) is 17.6 Å². The van der Waals surface area contributed by atoms with Crippen molar-refractivity contribution in [1.82, 2.24) is 14.6 Å².